The summed E-state index contributed by atoms with van der Waals surface area (Å²) in [6.07, 6.45) is 18.7. The van der Waals surface area contributed by atoms with E-state index >= 15 is 0 Å². The van der Waals surface area contributed by atoms with Gasteiger partial charge in [-0.05, 0) is 43.8 Å². The van der Waals surface area contributed by atoms with Gasteiger partial charge in [0.1, 0.15) is 7.28 Å². The molecule has 1 radical (unpaired) electrons. The van der Waals surface area contributed by atoms with Gasteiger partial charge < -0.3 is 4.90 Å². The minimum atomic E-state index is 0.648. The highest BCUT2D eigenvalue weighted by atomic mass is 15.2. The Bertz CT molecular complexity index is 407. The quantitative estimate of drug-likeness (QED) is 0.535. The van der Waals surface area contributed by atoms with Crippen LogP contribution in [0.15, 0.2) is 35.6 Å². The van der Waals surface area contributed by atoms with Gasteiger partial charge in [-0.2, -0.15) is 0 Å². The van der Waals surface area contributed by atoms with Gasteiger partial charge in [0.15, 0.2) is 0 Å². The molecule has 0 N–H and O–H groups in total. The van der Waals surface area contributed by atoms with Crippen LogP contribution in [-0.4, -0.2) is 24.8 Å². The molecule has 19 heavy (non-hydrogen) atoms. The fourth-order valence-electron chi connectivity index (χ4n) is 3.76. The molecule has 0 aromatic rings. The summed E-state index contributed by atoms with van der Waals surface area (Å²) in [5.74, 6) is 0.724. The van der Waals surface area contributed by atoms with E-state index in [0.717, 1.165) is 5.82 Å². The van der Waals surface area contributed by atoms with Gasteiger partial charge in [-0.25, -0.2) is 0 Å². The van der Waals surface area contributed by atoms with Crippen molar-refractivity contribution in [1.29, 1.82) is 0 Å². The lowest BCUT2D eigenvalue weighted by molar-refractivity contribution is 0.256. The summed E-state index contributed by atoms with van der Waals surface area (Å²) in [4.78, 5) is 2.67. The highest BCUT2D eigenvalue weighted by Crippen LogP contribution is 2.35. The van der Waals surface area contributed by atoms with E-state index in [4.69, 9.17) is 0 Å². The van der Waals surface area contributed by atoms with Crippen LogP contribution < -0.4 is 0 Å². The van der Waals surface area contributed by atoms with Gasteiger partial charge in [0, 0.05) is 18.3 Å². The lowest BCUT2D eigenvalue weighted by atomic mass is 9.59. The maximum Gasteiger partial charge on any atom is 0.118 e. The number of hydrogen-bond donors (Lipinski definition) is 0. The second-order valence-electron chi connectivity index (χ2n) is 6.06. The first-order valence-corrected chi connectivity index (χ1v) is 8.05. The molecule has 2 unspecified atom stereocenters. The largest absolute Gasteiger partial charge is 0.365 e. The molecule has 3 aliphatic rings. The van der Waals surface area contributed by atoms with Gasteiger partial charge in [-0.15, -0.1) is 0 Å². The normalized spacial score (nSPS) is 30.5. The third-order valence-corrected chi connectivity index (χ3v) is 4.75. The molecule has 0 saturated carbocycles. The highest BCUT2D eigenvalue weighted by Gasteiger charge is 2.26. The Labute approximate surface area is 118 Å². The number of nitrogens with zero attached hydrogens (tertiary/aromatic N) is 1. The van der Waals surface area contributed by atoms with Gasteiger partial charge in [-0.3, -0.25) is 0 Å². The summed E-state index contributed by atoms with van der Waals surface area (Å²) in [6.45, 7) is 3.49. The standard InChI is InChI=1S/C17H25BN/c1-2-18-15-9-11-16(12-10-15)19-13-5-7-14-6-3-4-8-17(14)19/h4,8-9,11,15-16H,2-3,5-7,10,12-13H2,1H3. The predicted molar refractivity (Wildman–Crippen MR) is 83.5 cm³/mol. The smallest absolute Gasteiger partial charge is 0.118 e. The molecule has 1 nitrogen and oxygen atoms in total. The lowest BCUT2D eigenvalue weighted by Gasteiger charge is -2.40. The topological polar surface area (TPSA) is 3.24 Å². The summed E-state index contributed by atoms with van der Waals surface area (Å²) >= 11 is 0. The predicted octanol–water partition coefficient (Wildman–Crippen LogP) is 4.34. The first-order chi connectivity index (χ1) is 9.38. The Kier molecular flexibility index (Phi) is 4.15. The SMILES string of the molecule is CC[B]C1C=CC(N2CCCC3=C2C=CCC3)CC1. The van der Waals surface area contributed by atoms with E-state index < -0.39 is 0 Å². The van der Waals surface area contributed by atoms with Crippen LogP contribution in [0.25, 0.3) is 0 Å². The van der Waals surface area contributed by atoms with Crippen LogP contribution in [0.5, 0.6) is 0 Å². The molecule has 0 fully saturated rings. The Morgan fingerprint density at radius 2 is 2.21 bits per heavy atom. The summed E-state index contributed by atoms with van der Waals surface area (Å²) in [5.41, 5.74) is 3.27. The number of rotatable bonds is 3. The van der Waals surface area contributed by atoms with Gasteiger partial charge in [0.25, 0.3) is 0 Å². The molecular formula is C17H25BN. The van der Waals surface area contributed by atoms with E-state index in [9.17, 15) is 0 Å². The molecule has 2 atom stereocenters. The van der Waals surface area contributed by atoms with Crippen LogP contribution in [0.1, 0.15) is 45.4 Å². The Morgan fingerprint density at radius 3 is 3.00 bits per heavy atom. The average Bonchev–Trinajstić information content (AvgIpc) is 2.48. The van der Waals surface area contributed by atoms with Crippen LogP contribution in [0.2, 0.25) is 12.1 Å². The van der Waals surface area contributed by atoms with Gasteiger partial charge >= 0.3 is 0 Å². The van der Waals surface area contributed by atoms with Crippen molar-refractivity contribution >= 4 is 7.28 Å². The third-order valence-electron chi connectivity index (χ3n) is 4.75. The number of allylic oxidation sites excluding steroid dienone is 4. The monoisotopic (exact) mass is 254 g/mol. The van der Waals surface area contributed by atoms with E-state index in [1.54, 1.807) is 11.3 Å². The van der Waals surface area contributed by atoms with Crippen molar-refractivity contribution in [1.82, 2.24) is 4.90 Å². The molecule has 2 heteroatoms. The van der Waals surface area contributed by atoms with Gasteiger partial charge in [0.2, 0.25) is 0 Å². The van der Waals surface area contributed by atoms with E-state index in [2.05, 4.69) is 43.4 Å². The van der Waals surface area contributed by atoms with Crippen molar-refractivity contribution in [3.05, 3.63) is 35.6 Å². The second-order valence-corrected chi connectivity index (χ2v) is 6.06. The zero-order valence-electron chi connectivity index (χ0n) is 12.1. The zero-order valence-corrected chi connectivity index (χ0v) is 12.1. The molecule has 1 aliphatic heterocycles. The summed E-state index contributed by atoms with van der Waals surface area (Å²) in [5, 5.41) is 0. The lowest BCUT2D eigenvalue weighted by Crippen LogP contribution is -2.38. The minimum absolute atomic E-state index is 0.648. The van der Waals surface area contributed by atoms with E-state index in [-0.39, 0.29) is 0 Å². The molecule has 101 valence electrons. The molecule has 0 aromatic heterocycles. The minimum Gasteiger partial charge on any atom is -0.365 e. The van der Waals surface area contributed by atoms with Crippen molar-refractivity contribution in [3.8, 4) is 0 Å². The molecule has 0 aromatic carbocycles. The van der Waals surface area contributed by atoms with E-state index in [1.807, 2.05) is 0 Å². The Morgan fingerprint density at radius 1 is 1.26 bits per heavy atom. The Hall–Kier alpha value is -0.915. The molecular weight excluding hydrogens is 229 g/mol. The maximum absolute atomic E-state index is 2.67. The molecule has 2 aliphatic carbocycles. The van der Waals surface area contributed by atoms with Crippen molar-refractivity contribution in [3.63, 3.8) is 0 Å². The molecule has 0 bridgehead atoms. The maximum atomic E-state index is 2.67. The van der Waals surface area contributed by atoms with Crippen molar-refractivity contribution < 1.29 is 0 Å². The van der Waals surface area contributed by atoms with Crippen LogP contribution in [0.4, 0.5) is 0 Å². The van der Waals surface area contributed by atoms with Crippen LogP contribution >= 0.6 is 0 Å². The fourth-order valence-corrected chi connectivity index (χ4v) is 3.76. The van der Waals surface area contributed by atoms with Gasteiger partial charge in [0.05, 0.1) is 0 Å². The second kappa shape index (κ2) is 6.03. The van der Waals surface area contributed by atoms with Crippen LogP contribution in [-0.2, 0) is 0 Å². The molecule has 1 heterocycles. The van der Waals surface area contributed by atoms with Crippen molar-refractivity contribution in [2.45, 2.75) is 63.6 Å². The first kappa shape index (κ1) is 13.1. The molecule has 3 rings (SSSR count). The summed E-state index contributed by atoms with van der Waals surface area (Å²) in [7, 11) is 2.45. The summed E-state index contributed by atoms with van der Waals surface area (Å²) < 4.78 is 0. The molecule has 0 saturated heterocycles. The zero-order chi connectivity index (χ0) is 13.1. The van der Waals surface area contributed by atoms with Crippen molar-refractivity contribution in [2.75, 3.05) is 6.54 Å². The van der Waals surface area contributed by atoms with Crippen LogP contribution in [0, 0.1) is 0 Å². The first-order valence-electron chi connectivity index (χ1n) is 8.05. The Balaban J connectivity index is 1.72. The fraction of sp³-hybridized carbons (Fsp3) is 0.647. The number of hydrogen-bond acceptors (Lipinski definition) is 1. The van der Waals surface area contributed by atoms with E-state index in [0.29, 0.717) is 6.04 Å². The molecule has 0 amide bonds. The van der Waals surface area contributed by atoms with Crippen LogP contribution in [0.3, 0.4) is 0 Å². The highest BCUT2D eigenvalue weighted by molar-refractivity contribution is 6.38. The van der Waals surface area contributed by atoms with Gasteiger partial charge in [-0.1, -0.05) is 43.7 Å². The summed E-state index contributed by atoms with van der Waals surface area (Å²) in [6, 6.07) is 0.648. The van der Waals surface area contributed by atoms with Crippen molar-refractivity contribution in [2.24, 2.45) is 0 Å². The molecule has 0 spiro atoms. The average molecular weight is 254 g/mol. The third kappa shape index (κ3) is 2.83. The van der Waals surface area contributed by atoms with E-state index in [1.165, 1.54) is 51.4 Å².